The maximum absolute atomic E-state index is 12.1. The molecule has 0 aliphatic rings. The van der Waals surface area contributed by atoms with E-state index in [-0.39, 0.29) is 13.0 Å². The number of carbonyl (C=O) groups is 2. The highest BCUT2D eigenvalue weighted by molar-refractivity contribution is 7.13. The molecule has 1 amide bonds. The molecule has 1 aromatic carbocycles. The molecule has 0 aliphatic carbocycles. The van der Waals surface area contributed by atoms with Crippen molar-refractivity contribution < 1.29 is 18.7 Å². The molecule has 0 radical (unpaired) electrons. The van der Waals surface area contributed by atoms with Gasteiger partial charge in [-0.3, -0.25) is 4.79 Å². The van der Waals surface area contributed by atoms with Crippen LogP contribution in [-0.2, 0) is 16.1 Å². The number of furan rings is 1. The van der Waals surface area contributed by atoms with Gasteiger partial charge in [0.25, 0.3) is 0 Å². The van der Waals surface area contributed by atoms with Crippen molar-refractivity contribution in [3.63, 3.8) is 0 Å². The number of benzene rings is 1. The van der Waals surface area contributed by atoms with Gasteiger partial charge in [0.05, 0.1) is 23.6 Å². The van der Waals surface area contributed by atoms with Gasteiger partial charge in [-0.15, -0.1) is 11.3 Å². The monoisotopic (exact) mass is 367 g/mol. The Bertz CT molecular complexity index is 940. The minimum atomic E-state index is -0.493. The van der Waals surface area contributed by atoms with E-state index in [4.69, 9.17) is 14.4 Å². The smallest absolute Gasteiger partial charge is 0.338 e. The zero-order valence-electron chi connectivity index (χ0n) is 13.5. The second kappa shape index (κ2) is 8.09. The van der Waals surface area contributed by atoms with E-state index in [9.17, 15) is 9.59 Å². The zero-order valence-corrected chi connectivity index (χ0v) is 14.3. The third-order valence-corrected chi connectivity index (χ3v) is 4.18. The molecule has 0 atom stereocenters. The average molecular weight is 367 g/mol. The average Bonchev–Trinajstić information content (AvgIpc) is 3.32. The fourth-order valence-corrected chi connectivity index (χ4v) is 2.85. The van der Waals surface area contributed by atoms with E-state index in [0.717, 1.165) is 5.01 Å². The molecule has 0 bridgehead atoms. The van der Waals surface area contributed by atoms with E-state index in [1.54, 1.807) is 48.0 Å². The van der Waals surface area contributed by atoms with E-state index in [1.807, 2.05) is 6.07 Å². The lowest BCUT2D eigenvalue weighted by Gasteiger charge is -2.05. The number of nitrogens with one attached hydrogen (secondary N) is 1. The summed E-state index contributed by atoms with van der Waals surface area (Å²) in [5.41, 5.74) is 1.49. The van der Waals surface area contributed by atoms with Gasteiger partial charge in [0, 0.05) is 11.1 Å². The molecule has 2 aromatic heterocycles. The molecule has 0 spiro atoms. The van der Waals surface area contributed by atoms with Crippen LogP contribution in [-0.4, -0.2) is 16.9 Å². The van der Waals surface area contributed by atoms with Crippen LogP contribution in [0, 0.1) is 11.3 Å². The molecule has 0 saturated carbocycles. The molecule has 1 N–H and O–H groups in total. The van der Waals surface area contributed by atoms with Gasteiger partial charge in [0.15, 0.2) is 10.8 Å². The number of anilines is 1. The molecule has 0 unspecified atom stereocenters. The van der Waals surface area contributed by atoms with Crippen molar-refractivity contribution in [3.05, 3.63) is 59.3 Å². The Morgan fingerprint density at radius 2 is 2.08 bits per heavy atom. The van der Waals surface area contributed by atoms with Crippen LogP contribution in [0.3, 0.4) is 0 Å². The summed E-state index contributed by atoms with van der Waals surface area (Å²) in [7, 11) is 0. The predicted octanol–water partition coefficient (Wildman–Crippen LogP) is 3.61. The first kappa shape index (κ1) is 17.4. The van der Waals surface area contributed by atoms with Crippen LogP contribution in [0.4, 0.5) is 5.69 Å². The van der Waals surface area contributed by atoms with Crippen molar-refractivity contribution >= 4 is 28.9 Å². The Kier molecular flexibility index (Phi) is 5.41. The second-order valence-electron chi connectivity index (χ2n) is 5.16. The highest BCUT2D eigenvalue weighted by Crippen LogP contribution is 2.24. The van der Waals surface area contributed by atoms with Gasteiger partial charge < -0.3 is 14.5 Å². The number of ether oxygens (including phenoxy) is 1. The molecule has 0 aliphatic heterocycles. The normalized spacial score (nSPS) is 10.1. The van der Waals surface area contributed by atoms with Crippen molar-refractivity contribution in [2.24, 2.45) is 0 Å². The van der Waals surface area contributed by atoms with Crippen LogP contribution in [0.25, 0.3) is 10.8 Å². The van der Waals surface area contributed by atoms with Crippen LogP contribution in [0.15, 0.2) is 52.5 Å². The first-order valence-electron chi connectivity index (χ1n) is 7.58. The van der Waals surface area contributed by atoms with Crippen LogP contribution < -0.4 is 5.32 Å². The third-order valence-electron chi connectivity index (χ3n) is 3.28. The van der Waals surface area contributed by atoms with Gasteiger partial charge in [-0.2, -0.15) is 5.26 Å². The highest BCUT2D eigenvalue weighted by atomic mass is 32.1. The summed E-state index contributed by atoms with van der Waals surface area (Å²) in [6.45, 7) is 0.0523. The number of esters is 1. The minimum Gasteiger partial charge on any atom is -0.462 e. The number of nitriles is 1. The number of hydrogen-bond acceptors (Lipinski definition) is 7. The Hall–Kier alpha value is -3.44. The summed E-state index contributed by atoms with van der Waals surface area (Å²) >= 11 is 1.41. The van der Waals surface area contributed by atoms with Crippen LogP contribution in [0.1, 0.15) is 22.5 Å². The summed E-state index contributed by atoms with van der Waals surface area (Å²) in [5.74, 6) is -0.229. The Balaban J connectivity index is 1.55. The quantitative estimate of drug-likeness (QED) is 0.667. The summed E-state index contributed by atoms with van der Waals surface area (Å²) in [4.78, 5) is 27.8. The number of thiazole rings is 1. The number of hydrogen-bond donors (Lipinski definition) is 1. The first-order chi connectivity index (χ1) is 12.7. The number of aromatic nitrogens is 1. The molecule has 3 rings (SSSR count). The molecular weight excluding hydrogens is 354 g/mol. The van der Waals surface area contributed by atoms with Crippen molar-refractivity contribution in [3.8, 4) is 16.8 Å². The molecule has 8 heteroatoms. The maximum atomic E-state index is 12.1. The zero-order chi connectivity index (χ0) is 18.4. The van der Waals surface area contributed by atoms with Crippen LogP contribution >= 0.6 is 11.3 Å². The SMILES string of the molecule is N#CCC(=O)Nc1ccc(C(=O)OCc2csc(-c3ccco3)n2)cc1. The molecular formula is C18H13N3O4S. The Morgan fingerprint density at radius 1 is 1.27 bits per heavy atom. The lowest BCUT2D eigenvalue weighted by Crippen LogP contribution is -2.10. The highest BCUT2D eigenvalue weighted by Gasteiger charge is 2.11. The van der Waals surface area contributed by atoms with E-state index >= 15 is 0 Å². The third kappa shape index (κ3) is 4.34. The van der Waals surface area contributed by atoms with Gasteiger partial charge >= 0.3 is 5.97 Å². The summed E-state index contributed by atoms with van der Waals surface area (Å²) in [5, 5.41) is 13.5. The largest absolute Gasteiger partial charge is 0.462 e. The number of rotatable bonds is 6. The van der Waals surface area contributed by atoms with Gasteiger partial charge in [-0.1, -0.05) is 0 Å². The van der Waals surface area contributed by atoms with Crippen LogP contribution in [0.5, 0.6) is 0 Å². The Morgan fingerprint density at radius 3 is 2.77 bits per heavy atom. The van der Waals surface area contributed by atoms with Gasteiger partial charge in [0.2, 0.25) is 5.91 Å². The summed E-state index contributed by atoms with van der Waals surface area (Å²) in [6.07, 6.45) is 1.35. The van der Waals surface area contributed by atoms with Crippen molar-refractivity contribution in [2.75, 3.05) is 5.32 Å². The molecule has 0 fully saturated rings. The summed E-state index contributed by atoms with van der Waals surface area (Å²) in [6, 6.07) is 11.6. The van der Waals surface area contributed by atoms with E-state index in [2.05, 4.69) is 10.3 Å². The Labute approximate surface area is 152 Å². The second-order valence-corrected chi connectivity index (χ2v) is 6.02. The standard InChI is InChI=1S/C18H13N3O4S/c19-8-7-16(22)20-13-5-3-12(4-6-13)18(23)25-10-14-11-26-17(21-14)15-2-1-9-24-15/h1-6,9,11H,7,10H2,(H,20,22). The lowest BCUT2D eigenvalue weighted by atomic mass is 10.2. The van der Waals surface area contributed by atoms with E-state index in [1.165, 1.54) is 11.3 Å². The topological polar surface area (TPSA) is 105 Å². The molecule has 3 aromatic rings. The lowest BCUT2D eigenvalue weighted by molar-refractivity contribution is -0.115. The number of carbonyl (C=O) groups excluding carboxylic acids is 2. The van der Waals surface area contributed by atoms with Gasteiger partial charge in [0.1, 0.15) is 13.0 Å². The van der Waals surface area contributed by atoms with E-state index < -0.39 is 11.9 Å². The molecule has 0 saturated heterocycles. The first-order valence-corrected chi connectivity index (χ1v) is 8.46. The molecule has 130 valence electrons. The molecule has 7 nitrogen and oxygen atoms in total. The number of amides is 1. The van der Waals surface area contributed by atoms with Crippen molar-refractivity contribution in [1.82, 2.24) is 4.98 Å². The van der Waals surface area contributed by atoms with Gasteiger partial charge in [-0.25, -0.2) is 9.78 Å². The fourth-order valence-electron chi connectivity index (χ4n) is 2.08. The molecule has 2 heterocycles. The fraction of sp³-hybridized carbons (Fsp3) is 0.111. The maximum Gasteiger partial charge on any atom is 0.338 e. The summed E-state index contributed by atoms with van der Waals surface area (Å²) < 4.78 is 10.5. The molecule has 26 heavy (non-hydrogen) atoms. The minimum absolute atomic E-state index is 0.0523. The predicted molar refractivity (Wildman–Crippen MR) is 94.2 cm³/mol. The van der Waals surface area contributed by atoms with E-state index in [0.29, 0.717) is 22.7 Å². The van der Waals surface area contributed by atoms with Crippen molar-refractivity contribution in [1.29, 1.82) is 5.26 Å². The number of nitrogens with zero attached hydrogens (tertiary/aromatic N) is 2. The van der Waals surface area contributed by atoms with Crippen molar-refractivity contribution in [2.45, 2.75) is 13.0 Å². The van der Waals surface area contributed by atoms with Gasteiger partial charge in [-0.05, 0) is 36.4 Å². The van der Waals surface area contributed by atoms with Crippen LogP contribution in [0.2, 0.25) is 0 Å².